The number of morpholine rings is 1. The third kappa shape index (κ3) is 2.81. The second kappa shape index (κ2) is 6.10. The molecule has 0 aromatic carbocycles. The summed E-state index contributed by atoms with van der Waals surface area (Å²) in [5.41, 5.74) is 1.30. The maximum atomic E-state index is 5.91. The minimum absolute atomic E-state index is 0.414. The smallest absolute Gasteiger partial charge is 0.133 e. The van der Waals surface area contributed by atoms with Gasteiger partial charge in [-0.15, -0.1) is 0 Å². The number of anilines is 1. The summed E-state index contributed by atoms with van der Waals surface area (Å²) in [6.45, 7) is 7.03. The minimum atomic E-state index is 0.414. The molecule has 20 heavy (non-hydrogen) atoms. The molecule has 2 heterocycles. The number of pyridine rings is 1. The molecule has 1 saturated heterocycles. The zero-order valence-corrected chi connectivity index (χ0v) is 12.5. The average molecular weight is 275 g/mol. The highest BCUT2D eigenvalue weighted by Gasteiger charge is 2.37. The van der Waals surface area contributed by atoms with Gasteiger partial charge in [-0.2, -0.15) is 0 Å². The highest BCUT2D eigenvalue weighted by Crippen LogP contribution is 2.33. The van der Waals surface area contributed by atoms with Crippen LogP contribution in [0.1, 0.15) is 38.7 Å². The molecular formula is C16H25N3O. The van der Waals surface area contributed by atoms with E-state index in [1.807, 2.05) is 12.3 Å². The molecule has 0 spiro atoms. The van der Waals surface area contributed by atoms with Gasteiger partial charge in [-0.1, -0.05) is 19.9 Å². The fourth-order valence-electron chi connectivity index (χ4n) is 3.33. The van der Waals surface area contributed by atoms with Gasteiger partial charge < -0.3 is 15.0 Å². The third-order valence-corrected chi connectivity index (χ3v) is 4.32. The van der Waals surface area contributed by atoms with Gasteiger partial charge in [0.05, 0.1) is 18.8 Å². The van der Waals surface area contributed by atoms with Crippen LogP contribution in [-0.2, 0) is 11.3 Å². The van der Waals surface area contributed by atoms with Gasteiger partial charge in [0.15, 0.2) is 0 Å². The van der Waals surface area contributed by atoms with Crippen molar-refractivity contribution in [1.82, 2.24) is 10.3 Å². The van der Waals surface area contributed by atoms with Crippen LogP contribution in [0.25, 0.3) is 0 Å². The van der Waals surface area contributed by atoms with E-state index < -0.39 is 0 Å². The van der Waals surface area contributed by atoms with Gasteiger partial charge in [0.1, 0.15) is 5.82 Å². The van der Waals surface area contributed by atoms with Crippen molar-refractivity contribution in [1.29, 1.82) is 0 Å². The van der Waals surface area contributed by atoms with E-state index in [0.29, 0.717) is 18.2 Å². The Kier molecular flexibility index (Phi) is 4.22. The first-order chi connectivity index (χ1) is 9.75. The first-order valence-electron chi connectivity index (χ1n) is 7.81. The van der Waals surface area contributed by atoms with E-state index in [-0.39, 0.29) is 0 Å². The largest absolute Gasteiger partial charge is 0.374 e. The second-order valence-electron chi connectivity index (χ2n) is 6.12. The van der Waals surface area contributed by atoms with Crippen molar-refractivity contribution in [2.45, 2.75) is 57.8 Å². The van der Waals surface area contributed by atoms with E-state index in [4.69, 9.17) is 4.74 Å². The molecule has 4 heteroatoms. The Morgan fingerprint density at radius 3 is 3.20 bits per heavy atom. The van der Waals surface area contributed by atoms with Crippen LogP contribution in [0.5, 0.6) is 0 Å². The minimum Gasteiger partial charge on any atom is -0.374 e. The van der Waals surface area contributed by atoms with Gasteiger partial charge in [0.25, 0.3) is 0 Å². The first kappa shape index (κ1) is 13.8. The van der Waals surface area contributed by atoms with Crippen molar-refractivity contribution in [2.75, 3.05) is 18.1 Å². The van der Waals surface area contributed by atoms with Crippen molar-refractivity contribution in [2.24, 2.45) is 0 Å². The number of hydrogen-bond donors (Lipinski definition) is 1. The first-order valence-corrected chi connectivity index (χ1v) is 7.81. The predicted molar refractivity (Wildman–Crippen MR) is 80.9 cm³/mol. The summed E-state index contributed by atoms with van der Waals surface area (Å²) >= 11 is 0. The highest BCUT2D eigenvalue weighted by molar-refractivity contribution is 5.48. The Morgan fingerprint density at radius 1 is 1.45 bits per heavy atom. The molecule has 0 amide bonds. The van der Waals surface area contributed by atoms with E-state index in [9.17, 15) is 0 Å². The number of rotatable bonds is 4. The number of aromatic nitrogens is 1. The summed E-state index contributed by atoms with van der Waals surface area (Å²) in [5.74, 6) is 1.15. The Hall–Kier alpha value is -1.13. The molecule has 1 aromatic heterocycles. The second-order valence-corrected chi connectivity index (χ2v) is 6.12. The predicted octanol–water partition coefficient (Wildman–Crippen LogP) is 2.34. The fourth-order valence-corrected chi connectivity index (χ4v) is 3.33. The van der Waals surface area contributed by atoms with Gasteiger partial charge in [-0.3, -0.25) is 0 Å². The highest BCUT2D eigenvalue weighted by atomic mass is 16.5. The van der Waals surface area contributed by atoms with Gasteiger partial charge in [-0.05, 0) is 25.3 Å². The van der Waals surface area contributed by atoms with Gasteiger partial charge in [0, 0.05) is 30.9 Å². The Bertz CT molecular complexity index is 449. The maximum Gasteiger partial charge on any atom is 0.133 e. The Balaban J connectivity index is 1.81. The lowest BCUT2D eigenvalue weighted by atomic mass is 10.1. The molecule has 2 fully saturated rings. The van der Waals surface area contributed by atoms with Crippen LogP contribution in [0.2, 0.25) is 0 Å². The van der Waals surface area contributed by atoms with Crippen molar-refractivity contribution in [3.05, 3.63) is 23.9 Å². The van der Waals surface area contributed by atoms with Gasteiger partial charge in [-0.25, -0.2) is 4.98 Å². The molecule has 2 unspecified atom stereocenters. The standard InChI is InChI=1S/C16H25N3O/c1-12(2)18-11-13-5-4-8-17-16(13)19-9-10-20-15-7-3-6-14(15)19/h4-5,8,12,14-15,18H,3,6-7,9-11H2,1-2H3. The zero-order valence-electron chi connectivity index (χ0n) is 12.5. The molecule has 2 aliphatic rings. The van der Waals surface area contributed by atoms with E-state index in [1.54, 1.807) is 0 Å². The number of fused-ring (bicyclic) bond motifs is 1. The van der Waals surface area contributed by atoms with E-state index in [2.05, 4.69) is 35.1 Å². The molecule has 1 aromatic rings. The molecule has 1 N–H and O–H groups in total. The molecule has 1 aliphatic carbocycles. The lowest BCUT2D eigenvalue weighted by Gasteiger charge is -2.39. The molecule has 1 saturated carbocycles. The van der Waals surface area contributed by atoms with Crippen molar-refractivity contribution in [3.8, 4) is 0 Å². The molecule has 4 nitrogen and oxygen atoms in total. The topological polar surface area (TPSA) is 37.4 Å². The van der Waals surface area contributed by atoms with Crippen LogP contribution in [-0.4, -0.2) is 36.3 Å². The fraction of sp³-hybridized carbons (Fsp3) is 0.688. The molecule has 3 rings (SSSR count). The van der Waals surface area contributed by atoms with Crippen LogP contribution in [0.15, 0.2) is 18.3 Å². The van der Waals surface area contributed by atoms with Crippen molar-refractivity contribution < 1.29 is 4.74 Å². The normalized spacial score (nSPS) is 26.1. The average Bonchev–Trinajstić information content (AvgIpc) is 2.93. The number of ether oxygens (including phenoxy) is 1. The lowest BCUT2D eigenvalue weighted by Crippen LogP contribution is -2.49. The van der Waals surface area contributed by atoms with E-state index in [1.165, 1.54) is 24.8 Å². The molecule has 1 aliphatic heterocycles. The van der Waals surface area contributed by atoms with Crippen molar-refractivity contribution in [3.63, 3.8) is 0 Å². The molecule has 2 atom stereocenters. The zero-order chi connectivity index (χ0) is 13.9. The lowest BCUT2D eigenvalue weighted by molar-refractivity contribution is 0.0252. The van der Waals surface area contributed by atoms with Crippen molar-refractivity contribution >= 4 is 5.82 Å². The van der Waals surface area contributed by atoms with Gasteiger partial charge >= 0.3 is 0 Å². The Morgan fingerprint density at radius 2 is 2.35 bits per heavy atom. The number of nitrogens with one attached hydrogen (secondary N) is 1. The third-order valence-electron chi connectivity index (χ3n) is 4.32. The van der Waals surface area contributed by atoms with E-state index >= 15 is 0 Å². The molecule has 0 bridgehead atoms. The molecule has 0 radical (unpaired) electrons. The summed E-state index contributed by atoms with van der Waals surface area (Å²) in [4.78, 5) is 7.16. The van der Waals surface area contributed by atoms with Gasteiger partial charge in [0.2, 0.25) is 0 Å². The Labute approximate surface area is 121 Å². The van der Waals surface area contributed by atoms with Crippen LogP contribution in [0, 0.1) is 0 Å². The number of hydrogen-bond acceptors (Lipinski definition) is 4. The monoisotopic (exact) mass is 275 g/mol. The van der Waals surface area contributed by atoms with Crippen LogP contribution in [0.4, 0.5) is 5.82 Å². The maximum absolute atomic E-state index is 5.91. The quantitative estimate of drug-likeness (QED) is 0.915. The molecular weight excluding hydrogens is 250 g/mol. The summed E-state index contributed by atoms with van der Waals surface area (Å²) in [6, 6.07) is 5.24. The summed E-state index contributed by atoms with van der Waals surface area (Å²) in [6.07, 6.45) is 6.04. The summed E-state index contributed by atoms with van der Waals surface area (Å²) in [5, 5.41) is 3.50. The van der Waals surface area contributed by atoms with E-state index in [0.717, 1.165) is 25.5 Å². The number of nitrogens with zero attached hydrogens (tertiary/aromatic N) is 2. The van der Waals surface area contributed by atoms with Crippen LogP contribution in [0.3, 0.4) is 0 Å². The van der Waals surface area contributed by atoms with Crippen LogP contribution >= 0.6 is 0 Å². The summed E-state index contributed by atoms with van der Waals surface area (Å²) < 4.78 is 5.91. The molecule has 110 valence electrons. The summed E-state index contributed by atoms with van der Waals surface area (Å²) in [7, 11) is 0. The SMILES string of the molecule is CC(C)NCc1cccnc1N1CCOC2CCCC21. The van der Waals surface area contributed by atoms with Crippen LogP contribution < -0.4 is 10.2 Å².